The van der Waals surface area contributed by atoms with Crippen LogP contribution in [0.25, 0.3) is 11.1 Å². The van der Waals surface area contributed by atoms with Crippen LogP contribution in [0.3, 0.4) is 0 Å². The van der Waals surface area contributed by atoms with Gasteiger partial charge in [-0.1, -0.05) is 36.4 Å². The summed E-state index contributed by atoms with van der Waals surface area (Å²) in [5.41, 5.74) is 3.51. The molecule has 1 amide bonds. The number of sulfonamides is 1. The molecule has 6 nitrogen and oxygen atoms in total. The Balaban J connectivity index is 1.85. The number of piperidine rings is 1. The van der Waals surface area contributed by atoms with Crippen LogP contribution in [0.1, 0.15) is 37.3 Å². The molecule has 0 saturated carbocycles. The van der Waals surface area contributed by atoms with E-state index in [1.54, 1.807) is 26.0 Å². The lowest BCUT2D eigenvalue weighted by atomic mass is 9.85. The molecule has 1 fully saturated rings. The number of carbonyl (C=O) groups excluding carboxylic acids is 1. The molecular weight excluding hydrogens is 374 g/mol. The quantitative estimate of drug-likeness (QED) is 0.810. The van der Waals surface area contributed by atoms with E-state index in [0.29, 0.717) is 18.5 Å². The zero-order chi connectivity index (χ0) is 20.3. The van der Waals surface area contributed by atoms with E-state index in [-0.39, 0.29) is 11.8 Å². The number of benzene rings is 2. The van der Waals surface area contributed by atoms with Gasteiger partial charge in [-0.2, -0.15) is 5.26 Å². The van der Waals surface area contributed by atoms with Crippen LogP contribution in [-0.4, -0.2) is 32.2 Å². The first-order valence-electron chi connectivity index (χ1n) is 9.21. The van der Waals surface area contributed by atoms with E-state index >= 15 is 0 Å². The number of amides is 1. The topological polar surface area (TPSA) is 99.1 Å². The van der Waals surface area contributed by atoms with Crippen LogP contribution < -0.4 is 10.0 Å². The van der Waals surface area contributed by atoms with E-state index in [1.165, 1.54) is 0 Å². The highest BCUT2D eigenvalue weighted by Crippen LogP contribution is 2.29. The Hall–Kier alpha value is -2.69. The Morgan fingerprint density at radius 1 is 1.07 bits per heavy atom. The fourth-order valence-corrected chi connectivity index (χ4v) is 4.18. The number of carbonyl (C=O) groups is 1. The van der Waals surface area contributed by atoms with Gasteiger partial charge < -0.3 is 5.32 Å². The molecule has 1 aliphatic rings. The Morgan fingerprint density at radius 3 is 2.18 bits per heavy atom. The van der Waals surface area contributed by atoms with Crippen LogP contribution in [0.5, 0.6) is 0 Å². The van der Waals surface area contributed by atoms with Crippen molar-refractivity contribution in [3.05, 3.63) is 59.7 Å². The van der Waals surface area contributed by atoms with Crippen LogP contribution in [0, 0.1) is 11.3 Å². The summed E-state index contributed by atoms with van der Waals surface area (Å²) in [7, 11) is -3.57. The van der Waals surface area contributed by atoms with Crippen molar-refractivity contribution in [3.8, 4) is 17.2 Å². The van der Waals surface area contributed by atoms with E-state index in [9.17, 15) is 13.2 Å². The van der Waals surface area contributed by atoms with Crippen molar-refractivity contribution >= 4 is 15.9 Å². The maximum atomic E-state index is 12.4. The lowest BCUT2D eigenvalue weighted by Gasteiger charge is -2.32. The molecule has 2 atom stereocenters. The van der Waals surface area contributed by atoms with E-state index in [1.807, 2.05) is 36.4 Å². The van der Waals surface area contributed by atoms with Gasteiger partial charge in [-0.15, -0.1) is 0 Å². The predicted octanol–water partition coefficient (Wildman–Crippen LogP) is 2.53. The summed E-state index contributed by atoms with van der Waals surface area (Å²) in [6.45, 7) is 3.69. The lowest BCUT2D eigenvalue weighted by Crippen LogP contribution is -2.55. The summed E-state index contributed by atoms with van der Waals surface area (Å²) in [5.74, 6) is -0.520. The first kappa shape index (κ1) is 20.1. The van der Waals surface area contributed by atoms with Crippen LogP contribution >= 0.6 is 0 Å². The highest BCUT2D eigenvalue weighted by molar-refractivity contribution is 7.90. The molecule has 1 heterocycles. The first-order chi connectivity index (χ1) is 13.3. The van der Waals surface area contributed by atoms with Crippen LogP contribution in [0.15, 0.2) is 48.5 Å². The summed E-state index contributed by atoms with van der Waals surface area (Å²) in [4.78, 5) is 12.4. The molecule has 1 saturated heterocycles. The van der Waals surface area contributed by atoms with E-state index in [2.05, 4.69) is 16.1 Å². The Labute approximate surface area is 165 Å². The molecule has 2 unspecified atom stereocenters. The van der Waals surface area contributed by atoms with Gasteiger partial charge in [-0.05, 0) is 49.1 Å². The third-order valence-electron chi connectivity index (χ3n) is 5.04. The van der Waals surface area contributed by atoms with Gasteiger partial charge >= 0.3 is 0 Å². The van der Waals surface area contributed by atoms with Crippen molar-refractivity contribution in [1.82, 2.24) is 10.0 Å². The molecule has 3 rings (SSSR count). The molecule has 0 radical (unpaired) electrons. The van der Waals surface area contributed by atoms with E-state index < -0.39 is 21.3 Å². The Morgan fingerprint density at radius 2 is 1.64 bits per heavy atom. The second-order valence-corrected chi connectivity index (χ2v) is 9.46. The van der Waals surface area contributed by atoms with Gasteiger partial charge in [0.1, 0.15) is 6.04 Å². The minimum atomic E-state index is -3.57. The van der Waals surface area contributed by atoms with Gasteiger partial charge in [0, 0.05) is 12.5 Å². The number of nitrogens with zero attached hydrogens (tertiary/aromatic N) is 1. The minimum Gasteiger partial charge on any atom is -0.355 e. The summed E-state index contributed by atoms with van der Waals surface area (Å²) < 4.78 is 27.2. The van der Waals surface area contributed by atoms with E-state index in [0.717, 1.165) is 16.7 Å². The molecule has 28 heavy (non-hydrogen) atoms. The molecule has 2 N–H and O–H groups in total. The zero-order valence-electron chi connectivity index (χ0n) is 15.8. The summed E-state index contributed by atoms with van der Waals surface area (Å²) in [6.07, 6.45) is 0.660. The molecule has 146 valence electrons. The Bertz CT molecular complexity index is 991. The van der Waals surface area contributed by atoms with Crippen LogP contribution in [0.2, 0.25) is 0 Å². The first-order valence-corrected chi connectivity index (χ1v) is 10.8. The van der Waals surface area contributed by atoms with Gasteiger partial charge in [0.25, 0.3) is 0 Å². The number of nitrogens with one attached hydrogen (secondary N) is 2. The molecule has 0 spiro atoms. The molecule has 1 aliphatic heterocycles. The summed E-state index contributed by atoms with van der Waals surface area (Å²) >= 11 is 0. The van der Waals surface area contributed by atoms with Crippen molar-refractivity contribution in [2.24, 2.45) is 0 Å². The number of rotatable bonds is 5. The predicted molar refractivity (Wildman–Crippen MR) is 108 cm³/mol. The number of nitriles is 1. The smallest absolute Gasteiger partial charge is 0.238 e. The van der Waals surface area contributed by atoms with Crippen LogP contribution in [-0.2, 0) is 14.8 Å². The van der Waals surface area contributed by atoms with E-state index in [4.69, 9.17) is 5.26 Å². The Kier molecular flexibility index (Phi) is 5.82. The van der Waals surface area contributed by atoms with Crippen molar-refractivity contribution in [2.45, 2.75) is 37.5 Å². The SMILES string of the molecule is CC(C)S(=O)(=O)NC1C(=O)NCCC1c1ccc(-c2ccc(C#N)cc2)cc1. The standard InChI is InChI=1S/C21H23N3O3S/c1-14(2)28(26,27)24-20-19(11-12-23-21(20)25)18-9-7-17(8-10-18)16-5-3-15(13-22)4-6-16/h3-10,14,19-20,24H,11-12H2,1-2H3,(H,23,25). The maximum Gasteiger partial charge on any atom is 0.238 e. The van der Waals surface area contributed by atoms with Gasteiger partial charge in [-0.3, -0.25) is 4.79 Å². The second-order valence-electron chi connectivity index (χ2n) is 7.19. The fourth-order valence-electron chi connectivity index (χ4n) is 3.28. The largest absolute Gasteiger partial charge is 0.355 e. The average Bonchev–Trinajstić information content (AvgIpc) is 2.69. The van der Waals surface area contributed by atoms with Crippen molar-refractivity contribution in [1.29, 1.82) is 5.26 Å². The highest BCUT2D eigenvalue weighted by Gasteiger charge is 2.36. The summed E-state index contributed by atoms with van der Waals surface area (Å²) in [5, 5.41) is 11.0. The molecule has 0 aromatic heterocycles. The van der Waals surface area contributed by atoms with Gasteiger partial charge in [0.05, 0.1) is 16.9 Å². The van der Waals surface area contributed by atoms with Gasteiger partial charge in [0.15, 0.2) is 0 Å². The van der Waals surface area contributed by atoms with Crippen molar-refractivity contribution in [2.75, 3.05) is 6.54 Å². The van der Waals surface area contributed by atoms with Crippen molar-refractivity contribution < 1.29 is 13.2 Å². The normalized spacial score (nSPS) is 19.9. The van der Waals surface area contributed by atoms with Gasteiger partial charge in [0.2, 0.25) is 15.9 Å². The number of hydrogen-bond donors (Lipinski definition) is 2. The monoisotopic (exact) mass is 397 g/mol. The molecular formula is C21H23N3O3S. The molecule has 7 heteroatoms. The highest BCUT2D eigenvalue weighted by atomic mass is 32.2. The third kappa shape index (κ3) is 4.24. The molecule has 0 aliphatic carbocycles. The summed E-state index contributed by atoms with van der Waals surface area (Å²) in [6, 6.07) is 16.4. The van der Waals surface area contributed by atoms with Gasteiger partial charge in [-0.25, -0.2) is 13.1 Å². The maximum absolute atomic E-state index is 12.4. The number of hydrogen-bond acceptors (Lipinski definition) is 4. The molecule has 2 aromatic rings. The minimum absolute atomic E-state index is 0.225. The zero-order valence-corrected chi connectivity index (χ0v) is 16.7. The molecule has 2 aromatic carbocycles. The fraction of sp³-hybridized carbons (Fsp3) is 0.333. The van der Waals surface area contributed by atoms with Crippen LogP contribution in [0.4, 0.5) is 0 Å². The second kappa shape index (κ2) is 8.13. The average molecular weight is 398 g/mol. The van der Waals surface area contributed by atoms with Crippen molar-refractivity contribution in [3.63, 3.8) is 0 Å². The third-order valence-corrected chi connectivity index (χ3v) is 6.86. The lowest BCUT2D eigenvalue weighted by molar-refractivity contribution is -0.124. The molecule has 0 bridgehead atoms.